The van der Waals surface area contributed by atoms with Crippen molar-refractivity contribution < 1.29 is 8.42 Å². The Morgan fingerprint density at radius 3 is 2.42 bits per heavy atom. The number of rotatable bonds is 3. The zero-order valence-electron chi connectivity index (χ0n) is 11.8. The van der Waals surface area contributed by atoms with Crippen LogP contribution in [0.3, 0.4) is 0 Å². The summed E-state index contributed by atoms with van der Waals surface area (Å²) in [5.74, 6) is 0.371. The molecule has 1 aromatic carbocycles. The van der Waals surface area contributed by atoms with Crippen LogP contribution in [0.25, 0.3) is 0 Å². The monoisotopic (exact) mass is 281 g/mol. The molecule has 0 aromatic heterocycles. The molecule has 1 aliphatic heterocycles. The van der Waals surface area contributed by atoms with Crippen molar-refractivity contribution in [3.05, 3.63) is 35.9 Å². The van der Waals surface area contributed by atoms with Crippen LogP contribution >= 0.6 is 0 Å². The van der Waals surface area contributed by atoms with Gasteiger partial charge in [-0.25, -0.2) is 8.42 Å². The summed E-state index contributed by atoms with van der Waals surface area (Å²) in [4.78, 5) is 0. The highest BCUT2D eigenvalue weighted by Crippen LogP contribution is 2.33. The highest BCUT2D eigenvalue weighted by Gasteiger charge is 2.42. The minimum absolute atomic E-state index is 0.0604. The molecular formula is C15H23NO2S. The molecule has 0 bridgehead atoms. The van der Waals surface area contributed by atoms with Crippen molar-refractivity contribution in [1.82, 2.24) is 5.32 Å². The zero-order valence-corrected chi connectivity index (χ0v) is 12.7. The van der Waals surface area contributed by atoms with Crippen LogP contribution in [0.5, 0.6) is 0 Å². The van der Waals surface area contributed by atoms with E-state index in [1.54, 1.807) is 0 Å². The highest BCUT2D eigenvalue weighted by molar-refractivity contribution is 7.92. The molecule has 1 saturated heterocycles. The first-order valence-electron chi connectivity index (χ1n) is 6.98. The van der Waals surface area contributed by atoms with Gasteiger partial charge in [0.05, 0.1) is 11.0 Å². The van der Waals surface area contributed by atoms with Gasteiger partial charge in [0.25, 0.3) is 0 Å². The van der Waals surface area contributed by atoms with Gasteiger partial charge < -0.3 is 5.32 Å². The van der Waals surface area contributed by atoms with E-state index in [2.05, 4.69) is 5.32 Å². The molecule has 3 unspecified atom stereocenters. The molecule has 3 nitrogen and oxygen atoms in total. The van der Waals surface area contributed by atoms with Crippen LogP contribution in [0.15, 0.2) is 30.3 Å². The number of hydrogen-bond acceptors (Lipinski definition) is 3. The molecule has 1 fully saturated rings. The summed E-state index contributed by atoms with van der Waals surface area (Å²) in [5, 5.41) is 3.19. The number of benzene rings is 1. The van der Waals surface area contributed by atoms with E-state index in [-0.39, 0.29) is 29.0 Å². The van der Waals surface area contributed by atoms with Gasteiger partial charge in [0, 0.05) is 12.1 Å². The van der Waals surface area contributed by atoms with Crippen LogP contribution in [0.4, 0.5) is 0 Å². The Hall–Kier alpha value is -0.870. The van der Waals surface area contributed by atoms with Gasteiger partial charge in [-0.2, -0.15) is 0 Å². The van der Waals surface area contributed by atoms with Crippen molar-refractivity contribution in [2.45, 2.75) is 44.5 Å². The molecule has 1 heterocycles. The largest absolute Gasteiger partial charge is 0.305 e. The van der Waals surface area contributed by atoms with Crippen LogP contribution in [0.1, 0.15) is 38.8 Å². The Balaban J connectivity index is 2.42. The Bertz CT molecular complexity index is 510. The molecule has 4 heteroatoms. The highest BCUT2D eigenvalue weighted by atomic mass is 32.2. The van der Waals surface area contributed by atoms with Crippen LogP contribution in [0.2, 0.25) is 0 Å². The van der Waals surface area contributed by atoms with Gasteiger partial charge in [0.15, 0.2) is 9.84 Å². The Labute approximate surface area is 116 Å². The van der Waals surface area contributed by atoms with Crippen molar-refractivity contribution in [2.75, 3.05) is 5.75 Å². The fraction of sp³-hybridized carbons (Fsp3) is 0.600. The molecule has 19 heavy (non-hydrogen) atoms. The average Bonchev–Trinajstić information content (AvgIpc) is 2.37. The van der Waals surface area contributed by atoms with Crippen molar-refractivity contribution >= 4 is 9.84 Å². The van der Waals surface area contributed by atoms with Gasteiger partial charge in [-0.1, -0.05) is 51.1 Å². The summed E-state index contributed by atoms with van der Waals surface area (Å²) >= 11 is 0. The van der Waals surface area contributed by atoms with E-state index in [1.165, 1.54) is 0 Å². The second-order valence-corrected chi connectivity index (χ2v) is 7.90. The van der Waals surface area contributed by atoms with E-state index in [1.807, 2.05) is 51.1 Å². The van der Waals surface area contributed by atoms with E-state index in [9.17, 15) is 8.42 Å². The second-order valence-electron chi connectivity index (χ2n) is 5.70. The molecule has 0 spiro atoms. The average molecular weight is 281 g/mol. The number of sulfone groups is 1. The summed E-state index contributed by atoms with van der Waals surface area (Å²) in [6, 6.07) is 9.90. The summed E-state index contributed by atoms with van der Waals surface area (Å²) < 4.78 is 25.1. The fourth-order valence-corrected chi connectivity index (χ4v) is 5.57. The number of nitrogens with one attached hydrogen (secondary N) is 1. The van der Waals surface area contributed by atoms with Crippen molar-refractivity contribution in [1.29, 1.82) is 0 Å². The van der Waals surface area contributed by atoms with Crippen LogP contribution in [0, 0.1) is 5.92 Å². The third kappa shape index (κ3) is 3.00. The fourth-order valence-electron chi connectivity index (χ4n) is 2.98. The van der Waals surface area contributed by atoms with Crippen molar-refractivity contribution in [3.63, 3.8) is 0 Å². The summed E-state index contributed by atoms with van der Waals surface area (Å²) in [7, 11) is -3.04. The van der Waals surface area contributed by atoms with Gasteiger partial charge in [-0.3, -0.25) is 0 Å². The minimum atomic E-state index is -3.04. The first-order valence-corrected chi connectivity index (χ1v) is 8.69. The molecule has 1 aliphatic rings. The van der Waals surface area contributed by atoms with Gasteiger partial charge in [-0.15, -0.1) is 0 Å². The van der Waals surface area contributed by atoms with E-state index >= 15 is 0 Å². The van der Waals surface area contributed by atoms with Gasteiger partial charge >= 0.3 is 0 Å². The summed E-state index contributed by atoms with van der Waals surface area (Å²) in [6.45, 7) is 6.02. The molecule has 0 amide bonds. The molecule has 0 radical (unpaired) electrons. The number of hydrogen-bond donors (Lipinski definition) is 1. The molecule has 0 aliphatic carbocycles. The summed E-state index contributed by atoms with van der Waals surface area (Å²) in [5.41, 5.74) is 1.07. The van der Waals surface area contributed by atoms with Crippen LogP contribution in [-0.4, -0.2) is 25.5 Å². The van der Waals surface area contributed by atoms with Gasteiger partial charge in [-0.05, 0) is 17.9 Å². The topological polar surface area (TPSA) is 46.2 Å². The molecule has 0 saturated carbocycles. The smallest absolute Gasteiger partial charge is 0.156 e. The lowest BCUT2D eigenvalue weighted by molar-refractivity contribution is 0.356. The molecule has 2 rings (SSSR count). The maximum absolute atomic E-state index is 12.5. The van der Waals surface area contributed by atoms with E-state index < -0.39 is 9.84 Å². The lowest BCUT2D eigenvalue weighted by atomic mass is 9.95. The molecule has 3 atom stereocenters. The Morgan fingerprint density at radius 1 is 1.26 bits per heavy atom. The van der Waals surface area contributed by atoms with Crippen LogP contribution in [-0.2, 0) is 9.84 Å². The van der Waals surface area contributed by atoms with E-state index in [0.717, 1.165) is 12.0 Å². The first kappa shape index (κ1) is 14.5. The van der Waals surface area contributed by atoms with Crippen LogP contribution < -0.4 is 5.32 Å². The Morgan fingerprint density at radius 2 is 1.89 bits per heavy atom. The molecule has 1 N–H and O–H groups in total. The maximum Gasteiger partial charge on any atom is 0.156 e. The van der Waals surface area contributed by atoms with Crippen molar-refractivity contribution in [2.24, 2.45) is 5.92 Å². The predicted molar refractivity (Wildman–Crippen MR) is 78.8 cm³/mol. The Kier molecular flexibility index (Phi) is 4.31. The minimum Gasteiger partial charge on any atom is -0.305 e. The standard InChI is InChI=1S/C15H23NO2S/c1-4-13-10-19(17,18)15(11(2)3)14(16-13)12-8-6-5-7-9-12/h5-9,11,13-16H,4,10H2,1-3H3. The summed E-state index contributed by atoms with van der Waals surface area (Å²) in [6.07, 6.45) is 0.841. The van der Waals surface area contributed by atoms with E-state index in [4.69, 9.17) is 0 Å². The predicted octanol–water partition coefficient (Wildman–Crippen LogP) is 2.55. The third-order valence-electron chi connectivity index (χ3n) is 3.90. The van der Waals surface area contributed by atoms with Gasteiger partial charge in [0.2, 0.25) is 0 Å². The zero-order chi connectivity index (χ0) is 14.0. The van der Waals surface area contributed by atoms with E-state index in [0.29, 0.717) is 0 Å². The molecule has 1 aromatic rings. The maximum atomic E-state index is 12.5. The van der Waals surface area contributed by atoms with Gasteiger partial charge in [0.1, 0.15) is 0 Å². The quantitative estimate of drug-likeness (QED) is 0.926. The molecule has 106 valence electrons. The SMILES string of the molecule is CCC1CS(=O)(=O)C(C(C)C)C(c2ccccc2)N1. The molecular weight excluding hydrogens is 258 g/mol. The second kappa shape index (κ2) is 5.63. The third-order valence-corrected chi connectivity index (χ3v) is 6.41. The normalized spacial score (nSPS) is 30.4. The first-order chi connectivity index (χ1) is 8.95. The lowest BCUT2D eigenvalue weighted by Crippen LogP contribution is -2.54. The lowest BCUT2D eigenvalue weighted by Gasteiger charge is -2.39. The van der Waals surface area contributed by atoms with Crippen molar-refractivity contribution in [3.8, 4) is 0 Å².